The second-order valence-corrected chi connectivity index (χ2v) is 10.1. The predicted molar refractivity (Wildman–Crippen MR) is 149 cm³/mol. The minimum Gasteiger partial charge on any atom is -0.495 e. The van der Waals surface area contributed by atoms with E-state index >= 15 is 0 Å². The Labute approximate surface area is 222 Å². The number of carbonyl (C=O) groups excluding carboxylic acids is 1. The van der Waals surface area contributed by atoms with Gasteiger partial charge in [0.1, 0.15) is 5.75 Å². The lowest BCUT2D eigenvalue weighted by atomic mass is 10.1. The van der Waals surface area contributed by atoms with Crippen molar-refractivity contribution in [3.8, 4) is 22.8 Å². The summed E-state index contributed by atoms with van der Waals surface area (Å²) in [5.41, 5.74) is 5.42. The summed E-state index contributed by atoms with van der Waals surface area (Å²) in [7, 11) is 1.69. The van der Waals surface area contributed by atoms with Crippen LogP contribution in [0.3, 0.4) is 0 Å². The van der Waals surface area contributed by atoms with Gasteiger partial charge in [0.25, 0.3) is 0 Å². The maximum atomic E-state index is 13.1. The number of carbonyl (C=O) groups is 1. The quantitative estimate of drug-likeness (QED) is 0.324. The van der Waals surface area contributed by atoms with Crippen LogP contribution in [0.15, 0.2) is 78.0 Å². The first-order valence-corrected chi connectivity index (χ1v) is 13.4. The molecule has 190 valence electrons. The molecule has 0 bridgehead atoms. The third-order valence-corrected chi connectivity index (χ3v) is 7.53. The van der Waals surface area contributed by atoms with Crippen LogP contribution in [0, 0.1) is 13.8 Å². The summed E-state index contributed by atoms with van der Waals surface area (Å²) >= 11 is 1.43. The van der Waals surface area contributed by atoms with Gasteiger partial charge in [0.05, 0.1) is 18.6 Å². The lowest BCUT2D eigenvalue weighted by Gasteiger charge is -2.36. The van der Waals surface area contributed by atoms with Crippen molar-refractivity contribution in [1.29, 1.82) is 0 Å². The fourth-order valence-electron chi connectivity index (χ4n) is 4.48. The van der Waals surface area contributed by atoms with Crippen molar-refractivity contribution < 1.29 is 9.53 Å². The fraction of sp³-hybridized carbons (Fsp3) is 0.276. The van der Waals surface area contributed by atoms with Crippen molar-refractivity contribution in [2.24, 2.45) is 0 Å². The van der Waals surface area contributed by atoms with Crippen molar-refractivity contribution in [3.63, 3.8) is 0 Å². The van der Waals surface area contributed by atoms with Crippen LogP contribution in [0.5, 0.6) is 5.75 Å². The van der Waals surface area contributed by atoms with Gasteiger partial charge in [-0.3, -0.25) is 9.36 Å². The maximum Gasteiger partial charge on any atom is 0.233 e. The number of hydrogen-bond acceptors (Lipinski definition) is 6. The van der Waals surface area contributed by atoms with Gasteiger partial charge in [0.2, 0.25) is 5.91 Å². The van der Waals surface area contributed by atoms with Crippen LogP contribution in [-0.2, 0) is 4.79 Å². The molecule has 0 radical (unpaired) electrons. The normalized spacial score (nSPS) is 13.6. The third-order valence-electron chi connectivity index (χ3n) is 6.62. The summed E-state index contributed by atoms with van der Waals surface area (Å²) in [6.07, 6.45) is 0. The molecule has 1 fully saturated rings. The van der Waals surface area contributed by atoms with Crippen molar-refractivity contribution in [3.05, 3.63) is 83.9 Å². The third kappa shape index (κ3) is 5.49. The van der Waals surface area contributed by atoms with E-state index in [-0.39, 0.29) is 5.91 Å². The van der Waals surface area contributed by atoms with Crippen molar-refractivity contribution >= 4 is 23.4 Å². The molecule has 7 nitrogen and oxygen atoms in total. The monoisotopic (exact) mass is 513 g/mol. The molecule has 1 aromatic heterocycles. The minimum absolute atomic E-state index is 0.111. The largest absolute Gasteiger partial charge is 0.495 e. The standard InChI is InChI=1S/C29H31N5O2S/c1-21-8-12-23(13-9-21)28-30-31-29(34(28)24-14-10-22(2)11-15-24)37-20-27(35)33-18-16-32(17-19-33)25-6-4-5-7-26(25)36-3/h4-15H,16-20H2,1-3H3. The zero-order valence-electron chi connectivity index (χ0n) is 21.4. The number of anilines is 1. The average Bonchev–Trinajstić information content (AvgIpc) is 3.36. The van der Waals surface area contributed by atoms with Gasteiger partial charge < -0.3 is 14.5 Å². The summed E-state index contributed by atoms with van der Waals surface area (Å²) in [6, 6.07) is 24.6. The lowest BCUT2D eigenvalue weighted by molar-refractivity contribution is -0.128. The molecule has 3 aromatic carbocycles. The highest BCUT2D eigenvalue weighted by Gasteiger charge is 2.24. The van der Waals surface area contributed by atoms with Gasteiger partial charge in [-0.2, -0.15) is 0 Å². The number of hydrogen-bond donors (Lipinski definition) is 0. The van der Waals surface area contributed by atoms with Crippen LogP contribution < -0.4 is 9.64 Å². The van der Waals surface area contributed by atoms with Crippen LogP contribution >= 0.6 is 11.8 Å². The van der Waals surface area contributed by atoms with Gasteiger partial charge >= 0.3 is 0 Å². The molecule has 1 saturated heterocycles. The first-order valence-electron chi connectivity index (χ1n) is 12.4. The Morgan fingerprint density at radius 1 is 0.865 bits per heavy atom. The van der Waals surface area contributed by atoms with Crippen LogP contribution in [0.2, 0.25) is 0 Å². The number of nitrogens with zero attached hydrogens (tertiary/aromatic N) is 5. The Bertz CT molecular complexity index is 1360. The highest BCUT2D eigenvalue weighted by Crippen LogP contribution is 2.30. The van der Waals surface area contributed by atoms with Gasteiger partial charge in [-0.25, -0.2) is 0 Å². The van der Waals surface area contributed by atoms with Crippen molar-refractivity contribution in [1.82, 2.24) is 19.7 Å². The van der Waals surface area contributed by atoms with Gasteiger partial charge in [-0.15, -0.1) is 10.2 Å². The first-order chi connectivity index (χ1) is 18.0. The molecule has 0 atom stereocenters. The van der Waals surface area contributed by atoms with Crippen molar-refractivity contribution in [2.75, 3.05) is 43.9 Å². The number of ether oxygens (including phenoxy) is 1. The van der Waals surface area contributed by atoms with E-state index < -0.39 is 0 Å². The predicted octanol–water partition coefficient (Wildman–Crippen LogP) is 5.00. The fourth-order valence-corrected chi connectivity index (χ4v) is 5.34. The highest BCUT2D eigenvalue weighted by molar-refractivity contribution is 7.99. The summed E-state index contributed by atoms with van der Waals surface area (Å²) in [4.78, 5) is 17.4. The summed E-state index contributed by atoms with van der Waals surface area (Å²) in [5, 5.41) is 9.71. The molecule has 2 heterocycles. The van der Waals surface area contributed by atoms with Gasteiger partial charge in [-0.1, -0.05) is 71.4 Å². The molecule has 5 rings (SSSR count). The number of thioether (sulfide) groups is 1. The Morgan fingerprint density at radius 2 is 1.51 bits per heavy atom. The summed E-state index contributed by atoms with van der Waals surface area (Å²) < 4.78 is 7.56. The molecule has 1 aliphatic rings. The zero-order chi connectivity index (χ0) is 25.8. The Balaban J connectivity index is 1.29. The Morgan fingerprint density at radius 3 is 2.19 bits per heavy atom. The lowest BCUT2D eigenvalue weighted by Crippen LogP contribution is -2.49. The topological polar surface area (TPSA) is 63.5 Å². The number of rotatable bonds is 7. The molecule has 0 aliphatic carbocycles. The summed E-state index contributed by atoms with van der Waals surface area (Å²) in [6.45, 7) is 7.03. The van der Waals surface area contributed by atoms with Crippen LogP contribution in [-0.4, -0.2) is 64.6 Å². The number of benzene rings is 3. The molecule has 1 aliphatic heterocycles. The number of methoxy groups -OCH3 is 1. The number of piperazine rings is 1. The van der Waals surface area contributed by atoms with E-state index in [1.165, 1.54) is 22.9 Å². The van der Waals surface area contributed by atoms with E-state index in [0.717, 1.165) is 41.6 Å². The van der Waals surface area contributed by atoms with E-state index in [1.54, 1.807) is 7.11 Å². The molecule has 1 amide bonds. The van der Waals surface area contributed by atoms with E-state index in [4.69, 9.17) is 4.74 Å². The van der Waals surface area contributed by atoms with Gasteiger partial charge in [0, 0.05) is 37.4 Å². The average molecular weight is 514 g/mol. The van der Waals surface area contributed by atoms with E-state index in [0.29, 0.717) is 24.0 Å². The van der Waals surface area contributed by atoms with Crippen LogP contribution in [0.25, 0.3) is 17.1 Å². The molecule has 0 N–H and O–H groups in total. The molecular formula is C29H31N5O2S. The Kier molecular flexibility index (Phi) is 7.46. The van der Waals surface area contributed by atoms with Crippen molar-refractivity contribution in [2.45, 2.75) is 19.0 Å². The maximum absolute atomic E-state index is 13.1. The van der Waals surface area contributed by atoms with E-state index in [9.17, 15) is 4.79 Å². The molecule has 37 heavy (non-hydrogen) atoms. The number of aryl methyl sites for hydroxylation is 2. The smallest absolute Gasteiger partial charge is 0.233 e. The van der Waals surface area contributed by atoms with E-state index in [2.05, 4.69) is 83.5 Å². The molecular weight excluding hydrogens is 482 g/mol. The van der Waals surface area contributed by atoms with Gasteiger partial charge in [-0.05, 0) is 38.1 Å². The minimum atomic E-state index is 0.111. The number of para-hydroxylation sites is 2. The van der Waals surface area contributed by atoms with E-state index in [1.807, 2.05) is 27.7 Å². The van der Waals surface area contributed by atoms with Gasteiger partial charge in [0.15, 0.2) is 11.0 Å². The van der Waals surface area contributed by atoms with Crippen LogP contribution in [0.1, 0.15) is 11.1 Å². The van der Waals surface area contributed by atoms with Crippen LogP contribution in [0.4, 0.5) is 5.69 Å². The second-order valence-electron chi connectivity index (χ2n) is 9.17. The molecule has 4 aromatic rings. The Hall–Kier alpha value is -3.78. The SMILES string of the molecule is COc1ccccc1N1CCN(C(=O)CSc2nnc(-c3ccc(C)cc3)n2-c2ccc(C)cc2)CC1. The number of amides is 1. The molecule has 8 heteroatoms. The summed E-state index contributed by atoms with van der Waals surface area (Å²) in [5.74, 6) is 2.05. The first kappa shape index (κ1) is 24.9. The highest BCUT2D eigenvalue weighted by atomic mass is 32.2. The second kappa shape index (κ2) is 11.1. The zero-order valence-corrected chi connectivity index (χ0v) is 22.2. The number of aromatic nitrogens is 3. The molecule has 0 saturated carbocycles. The molecule has 0 unspecified atom stereocenters. The molecule has 0 spiro atoms.